The molecule has 0 radical (unpaired) electrons. The Bertz CT molecular complexity index is 579. The lowest BCUT2D eigenvalue weighted by Crippen LogP contribution is -2.36. The number of morpholine rings is 1. The number of rotatable bonds is 4. The number of primary amides is 1. The van der Waals surface area contributed by atoms with Crippen molar-refractivity contribution in [2.24, 2.45) is 16.5 Å². The zero-order valence-electron chi connectivity index (χ0n) is 12.4. The number of anilines is 1. The lowest BCUT2D eigenvalue weighted by atomic mass is 10.3. The minimum atomic E-state index is -0.660. The van der Waals surface area contributed by atoms with E-state index in [2.05, 4.69) is 14.9 Å². The molecule has 1 amide bonds. The van der Waals surface area contributed by atoms with Gasteiger partial charge in [-0.3, -0.25) is 4.79 Å². The van der Waals surface area contributed by atoms with Gasteiger partial charge in [-0.1, -0.05) is 0 Å². The molecule has 1 aliphatic rings. The minimum absolute atomic E-state index is 0.0293. The molecule has 0 atom stereocenters. The Morgan fingerprint density at radius 1 is 1.45 bits per heavy atom. The summed E-state index contributed by atoms with van der Waals surface area (Å²) in [6.45, 7) is 3.09. The summed E-state index contributed by atoms with van der Waals surface area (Å²) in [5.74, 6) is 0.240. The number of nitrogens with zero attached hydrogens (tertiary/aromatic N) is 3. The van der Waals surface area contributed by atoms with Crippen molar-refractivity contribution in [3.05, 3.63) is 35.8 Å². The van der Waals surface area contributed by atoms with Gasteiger partial charge in [0.25, 0.3) is 5.91 Å². The number of hydrogen-bond acceptors (Lipinski definition) is 7. The van der Waals surface area contributed by atoms with Crippen LogP contribution in [-0.4, -0.2) is 48.5 Å². The van der Waals surface area contributed by atoms with Gasteiger partial charge in [0.15, 0.2) is 0 Å². The SMILES string of the molecule is CS/C(=N\C(=C\N)C(N)=O)c1ccc(N2CCOCC2)nc1. The molecule has 0 saturated carbocycles. The maximum absolute atomic E-state index is 11.2. The molecule has 0 spiro atoms. The van der Waals surface area contributed by atoms with Gasteiger partial charge >= 0.3 is 0 Å². The number of nitrogens with two attached hydrogens (primary N) is 2. The Balaban J connectivity index is 2.20. The summed E-state index contributed by atoms with van der Waals surface area (Å²) < 4.78 is 5.33. The van der Waals surface area contributed by atoms with E-state index < -0.39 is 5.91 Å². The third-order valence-electron chi connectivity index (χ3n) is 3.16. The van der Waals surface area contributed by atoms with Crippen molar-refractivity contribution >= 4 is 28.5 Å². The average Bonchev–Trinajstić information content (AvgIpc) is 2.57. The number of carbonyl (C=O) groups is 1. The van der Waals surface area contributed by atoms with E-state index in [4.69, 9.17) is 16.2 Å². The number of hydrogen-bond donors (Lipinski definition) is 2. The first kappa shape index (κ1) is 16.3. The molecule has 22 heavy (non-hydrogen) atoms. The van der Waals surface area contributed by atoms with E-state index in [9.17, 15) is 4.79 Å². The fraction of sp³-hybridized carbons (Fsp3) is 0.357. The maximum Gasteiger partial charge on any atom is 0.268 e. The molecule has 1 aliphatic heterocycles. The Kier molecular flexibility index (Phi) is 5.79. The van der Waals surface area contributed by atoms with Crippen LogP contribution in [0.3, 0.4) is 0 Å². The van der Waals surface area contributed by atoms with Crippen LogP contribution < -0.4 is 16.4 Å². The molecule has 1 fully saturated rings. The van der Waals surface area contributed by atoms with Crippen LogP contribution >= 0.6 is 11.8 Å². The highest BCUT2D eigenvalue weighted by Gasteiger charge is 2.13. The summed E-state index contributed by atoms with van der Waals surface area (Å²) in [6, 6.07) is 3.85. The van der Waals surface area contributed by atoms with Crippen molar-refractivity contribution < 1.29 is 9.53 Å². The third kappa shape index (κ3) is 3.99. The fourth-order valence-electron chi connectivity index (χ4n) is 2.00. The average molecular weight is 321 g/mol. The molecule has 118 valence electrons. The largest absolute Gasteiger partial charge is 0.403 e. The van der Waals surface area contributed by atoms with E-state index in [1.54, 1.807) is 6.20 Å². The number of aliphatic imine (C=N–C) groups is 1. The van der Waals surface area contributed by atoms with Crippen molar-refractivity contribution in [1.29, 1.82) is 0 Å². The first-order valence-electron chi connectivity index (χ1n) is 6.79. The van der Waals surface area contributed by atoms with Gasteiger partial charge in [0, 0.05) is 31.0 Å². The number of thioether (sulfide) groups is 1. The first-order chi connectivity index (χ1) is 10.7. The molecule has 0 aromatic carbocycles. The molecule has 1 saturated heterocycles. The number of aromatic nitrogens is 1. The van der Waals surface area contributed by atoms with Crippen LogP contribution in [0.15, 0.2) is 35.2 Å². The molecule has 2 rings (SSSR count). The molecule has 1 aromatic rings. The zero-order valence-corrected chi connectivity index (χ0v) is 13.2. The van der Waals surface area contributed by atoms with Gasteiger partial charge in [0.2, 0.25) is 0 Å². The van der Waals surface area contributed by atoms with Gasteiger partial charge in [-0.25, -0.2) is 9.98 Å². The summed E-state index contributed by atoms with van der Waals surface area (Å²) in [7, 11) is 0. The standard InChI is InChI=1S/C14H19N5O2S/c1-22-14(18-11(8-15)13(16)20)10-2-3-12(17-9-10)19-4-6-21-7-5-19/h2-3,8-9H,4-7,15H2,1H3,(H2,16,20)/b11-8+,18-14-. The lowest BCUT2D eigenvalue weighted by molar-refractivity contribution is -0.114. The molecule has 0 bridgehead atoms. The van der Waals surface area contributed by atoms with Gasteiger partial charge in [0.1, 0.15) is 16.6 Å². The highest BCUT2D eigenvalue weighted by atomic mass is 32.2. The lowest BCUT2D eigenvalue weighted by Gasteiger charge is -2.27. The van der Waals surface area contributed by atoms with Crippen LogP contribution in [0.25, 0.3) is 0 Å². The molecule has 4 N–H and O–H groups in total. The van der Waals surface area contributed by atoms with E-state index in [-0.39, 0.29) is 5.70 Å². The summed E-state index contributed by atoms with van der Waals surface area (Å²) >= 11 is 1.40. The predicted molar refractivity (Wildman–Crippen MR) is 88.8 cm³/mol. The Hall–Kier alpha value is -2.06. The monoisotopic (exact) mass is 321 g/mol. The van der Waals surface area contributed by atoms with Crippen molar-refractivity contribution in [3.8, 4) is 0 Å². The van der Waals surface area contributed by atoms with E-state index in [1.807, 2.05) is 18.4 Å². The topological polar surface area (TPSA) is 107 Å². The first-order valence-corrected chi connectivity index (χ1v) is 8.01. The van der Waals surface area contributed by atoms with Crippen LogP contribution in [0.1, 0.15) is 5.56 Å². The second-order valence-electron chi connectivity index (χ2n) is 4.54. The second-order valence-corrected chi connectivity index (χ2v) is 5.34. The van der Waals surface area contributed by atoms with Crippen molar-refractivity contribution in [2.45, 2.75) is 0 Å². The van der Waals surface area contributed by atoms with E-state index in [0.717, 1.165) is 30.7 Å². The van der Waals surface area contributed by atoms with Crippen LogP contribution in [0.4, 0.5) is 5.82 Å². The highest BCUT2D eigenvalue weighted by Crippen LogP contribution is 2.17. The molecular formula is C14H19N5O2S. The van der Waals surface area contributed by atoms with Crippen molar-refractivity contribution in [2.75, 3.05) is 37.5 Å². The van der Waals surface area contributed by atoms with E-state index >= 15 is 0 Å². The molecular weight excluding hydrogens is 302 g/mol. The number of carbonyl (C=O) groups excluding carboxylic acids is 1. The normalized spacial score (nSPS) is 16.7. The van der Waals surface area contributed by atoms with Gasteiger partial charge in [0.05, 0.1) is 13.2 Å². The zero-order chi connectivity index (χ0) is 15.9. The molecule has 7 nitrogen and oxygen atoms in total. The summed E-state index contributed by atoms with van der Waals surface area (Å²) in [5.41, 5.74) is 11.4. The summed E-state index contributed by atoms with van der Waals surface area (Å²) in [5, 5.41) is 0.636. The van der Waals surface area contributed by atoms with Crippen molar-refractivity contribution in [1.82, 2.24) is 4.98 Å². The fourth-order valence-corrected chi connectivity index (χ4v) is 2.55. The van der Waals surface area contributed by atoms with Gasteiger partial charge in [-0.2, -0.15) is 0 Å². The van der Waals surface area contributed by atoms with Gasteiger partial charge in [-0.15, -0.1) is 11.8 Å². The van der Waals surface area contributed by atoms with E-state index in [1.165, 1.54) is 11.8 Å². The van der Waals surface area contributed by atoms with Crippen LogP contribution in [0, 0.1) is 0 Å². The molecule has 2 heterocycles. The minimum Gasteiger partial charge on any atom is -0.403 e. The highest BCUT2D eigenvalue weighted by molar-refractivity contribution is 8.13. The van der Waals surface area contributed by atoms with Crippen molar-refractivity contribution in [3.63, 3.8) is 0 Å². The maximum atomic E-state index is 11.2. The number of pyridine rings is 1. The Labute approximate surface area is 133 Å². The Morgan fingerprint density at radius 2 is 2.18 bits per heavy atom. The van der Waals surface area contributed by atoms with Crippen LogP contribution in [0.5, 0.6) is 0 Å². The quantitative estimate of drug-likeness (QED) is 0.470. The molecule has 8 heteroatoms. The second kappa shape index (κ2) is 7.81. The smallest absolute Gasteiger partial charge is 0.268 e. The van der Waals surface area contributed by atoms with Gasteiger partial charge < -0.3 is 21.1 Å². The Morgan fingerprint density at radius 3 is 2.68 bits per heavy atom. The van der Waals surface area contributed by atoms with Crippen LogP contribution in [-0.2, 0) is 9.53 Å². The summed E-state index contributed by atoms with van der Waals surface area (Å²) in [6.07, 6.45) is 4.70. The van der Waals surface area contributed by atoms with E-state index in [0.29, 0.717) is 18.3 Å². The van der Waals surface area contributed by atoms with Gasteiger partial charge in [-0.05, 0) is 18.4 Å². The molecule has 0 aliphatic carbocycles. The molecule has 1 aromatic heterocycles. The third-order valence-corrected chi connectivity index (χ3v) is 3.87. The summed E-state index contributed by atoms with van der Waals surface area (Å²) in [4.78, 5) is 22.0. The number of amides is 1. The molecule has 0 unspecified atom stereocenters. The van der Waals surface area contributed by atoms with Crippen LogP contribution in [0.2, 0.25) is 0 Å². The predicted octanol–water partition coefficient (Wildman–Crippen LogP) is 0.313. The number of ether oxygens (including phenoxy) is 1.